The molecule has 0 radical (unpaired) electrons. The minimum atomic E-state index is -0.343. The quantitative estimate of drug-likeness (QED) is 0.879. The minimum Gasteiger partial charge on any atom is -0.508 e. The van der Waals surface area contributed by atoms with Crippen molar-refractivity contribution in [3.63, 3.8) is 0 Å². The molecule has 5 heteroatoms. The van der Waals surface area contributed by atoms with Crippen LogP contribution in [0.2, 0.25) is 5.02 Å². The Morgan fingerprint density at radius 2 is 2.15 bits per heavy atom. The molecule has 0 amide bonds. The van der Waals surface area contributed by atoms with Gasteiger partial charge in [-0.3, -0.25) is 0 Å². The van der Waals surface area contributed by atoms with Crippen LogP contribution in [0, 0.1) is 6.92 Å². The molecule has 1 aromatic carbocycles. The molecule has 0 saturated carbocycles. The SMILES string of the molecule is CCOC(=O)c1cc(C)n(Cc2cc(Cl)ccc2O)c1. The standard InChI is InChI=1S/C15H16ClNO3/c1-3-20-15(19)12-6-10(2)17(9-12)8-11-7-13(16)4-5-14(11)18/h4-7,9,18H,3,8H2,1-2H3. The topological polar surface area (TPSA) is 51.5 Å². The fraction of sp³-hybridized carbons (Fsp3) is 0.267. The zero-order valence-electron chi connectivity index (χ0n) is 11.4. The zero-order chi connectivity index (χ0) is 14.7. The number of nitrogens with zero attached hydrogens (tertiary/aromatic N) is 1. The van der Waals surface area contributed by atoms with Crippen LogP contribution in [0.3, 0.4) is 0 Å². The number of phenols is 1. The lowest BCUT2D eigenvalue weighted by molar-refractivity contribution is 0.0526. The smallest absolute Gasteiger partial charge is 0.339 e. The first-order valence-corrected chi connectivity index (χ1v) is 6.70. The molecule has 1 heterocycles. The van der Waals surface area contributed by atoms with E-state index in [1.54, 1.807) is 37.4 Å². The fourth-order valence-corrected chi connectivity index (χ4v) is 2.17. The van der Waals surface area contributed by atoms with Crippen LogP contribution in [0.15, 0.2) is 30.5 Å². The number of carbonyl (C=O) groups is 1. The highest BCUT2D eigenvalue weighted by Gasteiger charge is 2.12. The second kappa shape index (κ2) is 6.01. The number of phenolic OH excluding ortho intramolecular Hbond substituents is 1. The van der Waals surface area contributed by atoms with Crippen molar-refractivity contribution in [2.45, 2.75) is 20.4 Å². The molecule has 4 nitrogen and oxygen atoms in total. The first-order valence-electron chi connectivity index (χ1n) is 6.32. The number of carbonyl (C=O) groups excluding carboxylic acids is 1. The van der Waals surface area contributed by atoms with Gasteiger partial charge >= 0.3 is 5.97 Å². The van der Waals surface area contributed by atoms with Crippen molar-refractivity contribution >= 4 is 17.6 Å². The number of halogens is 1. The third kappa shape index (κ3) is 3.14. The van der Waals surface area contributed by atoms with E-state index in [-0.39, 0.29) is 11.7 Å². The highest BCUT2D eigenvalue weighted by Crippen LogP contribution is 2.23. The lowest BCUT2D eigenvalue weighted by atomic mass is 10.2. The van der Waals surface area contributed by atoms with Gasteiger partial charge in [-0.15, -0.1) is 0 Å². The zero-order valence-corrected chi connectivity index (χ0v) is 12.1. The van der Waals surface area contributed by atoms with Crippen molar-refractivity contribution in [3.8, 4) is 5.75 Å². The summed E-state index contributed by atoms with van der Waals surface area (Å²) in [7, 11) is 0. The highest BCUT2D eigenvalue weighted by molar-refractivity contribution is 6.30. The van der Waals surface area contributed by atoms with Crippen molar-refractivity contribution < 1.29 is 14.6 Å². The van der Waals surface area contributed by atoms with Gasteiger partial charge in [0.25, 0.3) is 0 Å². The Kier molecular flexibility index (Phi) is 4.35. The molecule has 2 rings (SSSR count). The van der Waals surface area contributed by atoms with Crippen molar-refractivity contribution in [1.82, 2.24) is 4.57 Å². The highest BCUT2D eigenvalue weighted by atomic mass is 35.5. The normalized spacial score (nSPS) is 10.6. The number of benzene rings is 1. The van der Waals surface area contributed by atoms with Crippen molar-refractivity contribution in [1.29, 1.82) is 0 Å². The van der Waals surface area contributed by atoms with Crippen LogP contribution in [-0.2, 0) is 11.3 Å². The second-order valence-electron chi connectivity index (χ2n) is 4.49. The van der Waals surface area contributed by atoms with E-state index < -0.39 is 0 Å². The molecular formula is C15H16ClNO3. The van der Waals surface area contributed by atoms with E-state index in [9.17, 15) is 9.90 Å². The van der Waals surface area contributed by atoms with Crippen molar-refractivity contribution in [2.24, 2.45) is 0 Å². The fourth-order valence-electron chi connectivity index (χ4n) is 1.98. The largest absolute Gasteiger partial charge is 0.508 e. The van der Waals surface area contributed by atoms with E-state index in [0.717, 1.165) is 5.69 Å². The molecule has 106 valence electrons. The van der Waals surface area contributed by atoms with Gasteiger partial charge in [0.05, 0.1) is 18.7 Å². The van der Waals surface area contributed by atoms with E-state index in [2.05, 4.69) is 0 Å². The average Bonchev–Trinajstić information content (AvgIpc) is 2.76. The van der Waals surface area contributed by atoms with E-state index >= 15 is 0 Å². The molecule has 0 fully saturated rings. The van der Waals surface area contributed by atoms with Gasteiger partial charge in [0.2, 0.25) is 0 Å². The number of aromatic nitrogens is 1. The molecule has 0 unspecified atom stereocenters. The van der Waals surface area contributed by atoms with Crippen molar-refractivity contribution in [3.05, 3.63) is 52.3 Å². The predicted octanol–water partition coefficient (Wildman–Crippen LogP) is 3.38. The number of esters is 1. The minimum absolute atomic E-state index is 0.181. The van der Waals surface area contributed by atoms with Crippen LogP contribution in [0.4, 0.5) is 0 Å². The summed E-state index contributed by atoms with van der Waals surface area (Å²) in [6, 6.07) is 6.66. The van der Waals surface area contributed by atoms with E-state index in [1.165, 1.54) is 0 Å². The Hall–Kier alpha value is -1.94. The van der Waals surface area contributed by atoms with Gasteiger partial charge in [0, 0.05) is 22.5 Å². The van der Waals surface area contributed by atoms with Gasteiger partial charge in [-0.05, 0) is 38.1 Å². The van der Waals surface area contributed by atoms with Crippen LogP contribution in [0.1, 0.15) is 28.5 Å². The molecule has 0 spiro atoms. The van der Waals surface area contributed by atoms with Crippen LogP contribution < -0.4 is 0 Å². The Morgan fingerprint density at radius 1 is 1.40 bits per heavy atom. The molecule has 0 aliphatic heterocycles. The summed E-state index contributed by atoms with van der Waals surface area (Å²) in [5, 5.41) is 10.4. The van der Waals surface area contributed by atoms with Crippen LogP contribution in [0.5, 0.6) is 5.75 Å². The van der Waals surface area contributed by atoms with Crippen molar-refractivity contribution in [2.75, 3.05) is 6.61 Å². The third-order valence-corrected chi connectivity index (χ3v) is 3.24. The van der Waals surface area contributed by atoms with Gasteiger partial charge < -0.3 is 14.4 Å². The molecule has 1 N–H and O–H groups in total. The summed E-state index contributed by atoms with van der Waals surface area (Å²) in [5.74, 6) is -0.162. The number of aryl methyl sites for hydroxylation is 1. The molecule has 0 saturated heterocycles. The third-order valence-electron chi connectivity index (χ3n) is 3.01. The summed E-state index contributed by atoms with van der Waals surface area (Å²) >= 11 is 5.93. The number of hydrogen-bond donors (Lipinski definition) is 1. The number of rotatable bonds is 4. The van der Waals surface area contributed by atoms with E-state index in [0.29, 0.717) is 29.3 Å². The molecule has 0 aliphatic carbocycles. The number of hydrogen-bond acceptors (Lipinski definition) is 3. The molecule has 20 heavy (non-hydrogen) atoms. The Morgan fingerprint density at radius 3 is 2.85 bits per heavy atom. The first kappa shape index (κ1) is 14.5. The average molecular weight is 294 g/mol. The van der Waals surface area contributed by atoms with Gasteiger partial charge in [0.1, 0.15) is 5.75 Å². The molecule has 2 aromatic rings. The second-order valence-corrected chi connectivity index (χ2v) is 4.93. The monoisotopic (exact) mass is 293 g/mol. The molecule has 0 atom stereocenters. The molecule has 1 aromatic heterocycles. The van der Waals surface area contributed by atoms with Gasteiger partial charge in [0.15, 0.2) is 0 Å². The van der Waals surface area contributed by atoms with Gasteiger partial charge in [-0.25, -0.2) is 4.79 Å². The number of aromatic hydroxyl groups is 1. The first-order chi connectivity index (χ1) is 9.51. The summed E-state index contributed by atoms with van der Waals surface area (Å²) in [4.78, 5) is 11.7. The molecule has 0 aliphatic rings. The maximum absolute atomic E-state index is 11.7. The van der Waals surface area contributed by atoms with E-state index in [1.807, 2.05) is 11.5 Å². The maximum Gasteiger partial charge on any atom is 0.339 e. The van der Waals surface area contributed by atoms with Crippen LogP contribution in [0.25, 0.3) is 0 Å². The summed E-state index contributed by atoms with van der Waals surface area (Å²) < 4.78 is 6.84. The summed E-state index contributed by atoms with van der Waals surface area (Å²) in [5.41, 5.74) is 2.12. The lowest BCUT2D eigenvalue weighted by Gasteiger charge is -2.08. The van der Waals surface area contributed by atoms with E-state index in [4.69, 9.17) is 16.3 Å². The van der Waals surface area contributed by atoms with Crippen LogP contribution >= 0.6 is 11.6 Å². The maximum atomic E-state index is 11.7. The Balaban J connectivity index is 2.25. The Bertz CT molecular complexity index is 634. The van der Waals surface area contributed by atoms with Gasteiger partial charge in [-0.1, -0.05) is 11.6 Å². The number of ether oxygens (including phenoxy) is 1. The lowest BCUT2D eigenvalue weighted by Crippen LogP contribution is -2.04. The predicted molar refractivity (Wildman–Crippen MR) is 77.3 cm³/mol. The summed E-state index contributed by atoms with van der Waals surface area (Å²) in [6.45, 7) is 4.45. The Labute approximate surface area is 122 Å². The van der Waals surface area contributed by atoms with Crippen LogP contribution in [-0.4, -0.2) is 22.2 Å². The summed E-state index contributed by atoms with van der Waals surface area (Å²) in [6.07, 6.45) is 1.72. The molecular weight excluding hydrogens is 278 g/mol. The van der Waals surface area contributed by atoms with Gasteiger partial charge in [-0.2, -0.15) is 0 Å². The molecule has 0 bridgehead atoms.